The molecule has 0 aliphatic rings. The Bertz CT molecular complexity index is 381. The van der Waals surface area contributed by atoms with E-state index in [0.29, 0.717) is 0 Å². The summed E-state index contributed by atoms with van der Waals surface area (Å²) >= 11 is 0. The molecule has 6 heteroatoms. The summed E-state index contributed by atoms with van der Waals surface area (Å²) in [5, 5.41) is 8.47. The summed E-state index contributed by atoms with van der Waals surface area (Å²) < 4.78 is 39.0. The van der Waals surface area contributed by atoms with Crippen molar-refractivity contribution in [1.29, 1.82) is 5.26 Å². The molecule has 1 aromatic rings. The Kier molecular flexibility index (Phi) is 2.51. The summed E-state index contributed by atoms with van der Waals surface area (Å²) in [7, 11) is 0. The SMILES string of the molecule is N#Cc1cccc(OC(F)(F)F)c1N. The highest BCUT2D eigenvalue weighted by Gasteiger charge is 2.32. The molecule has 0 bridgehead atoms. The minimum Gasteiger partial charge on any atom is -0.404 e. The first-order valence-corrected chi connectivity index (χ1v) is 3.48. The van der Waals surface area contributed by atoms with Crippen LogP contribution in [0.5, 0.6) is 5.75 Å². The van der Waals surface area contributed by atoms with E-state index in [4.69, 9.17) is 11.0 Å². The zero-order valence-corrected chi connectivity index (χ0v) is 6.80. The lowest BCUT2D eigenvalue weighted by atomic mass is 10.2. The van der Waals surface area contributed by atoms with Gasteiger partial charge in [-0.3, -0.25) is 0 Å². The van der Waals surface area contributed by atoms with Crippen molar-refractivity contribution in [2.24, 2.45) is 0 Å². The maximum atomic E-state index is 11.8. The van der Waals surface area contributed by atoms with E-state index in [9.17, 15) is 13.2 Å². The first kappa shape index (κ1) is 10.2. The minimum absolute atomic E-state index is 0.0493. The van der Waals surface area contributed by atoms with Crippen LogP contribution in [0, 0.1) is 11.3 Å². The van der Waals surface area contributed by atoms with Gasteiger partial charge >= 0.3 is 6.36 Å². The molecule has 0 spiro atoms. The lowest BCUT2D eigenvalue weighted by Gasteiger charge is -2.11. The molecule has 0 saturated heterocycles. The van der Waals surface area contributed by atoms with Gasteiger partial charge in [-0.05, 0) is 12.1 Å². The zero-order valence-electron chi connectivity index (χ0n) is 6.80. The standard InChI is InChI=1S/C8H5F3N2O/c9-8(10,11)14-6-3-1-2-5(4-12)7(6)13/h1-3H,13H2. The fraction of sp³-hybridized carbons (Fsp3) is 0.125. The van der Waals surface area contributed by atoms with E-state index in [1.807, 2.05) is 0 Å². The molecule has 0 aliphatic heterocycles. The molecule has 0 heterocycles. The van der Waals surface area contributed by atoms with Crippen LogP contribution in [0.2, 0.25) is 0 Å². The number of rotatable bonds is 1. The lowest BCUT2D eigenvalue weighted by Crippen LogP contribution is -2.18. The molecule has 1 rings (SSSR count). The number of hydrogen-bond donors (Lipinski definition) is 1. The number of anilines is 1. The summed E-state index contributed by atoms with van der Waals surface area (Å²) in [5.41, 5.74) is 4.89. The van der Waals surface area contributed by atoms with E-state index >= 15 is 0 Å². The molecule has 1 aromatic carbocycles. The maximum Gasteiger partial charge on any atom is 0.573 e. The number of nitrogens with zero attached hydrogens (tertiary/aromatic N) is 1. The fourth-order valence-corrected chi connectivity index (χ4v) is 0.855. The van der Waals surface area contributed by atoms with E-state index in [-0.39, 0.29) is 11.3 Å². The molecule has 0 radical (unpaired) electrons. The quantitative estimate of drug-likeness (QED) is 0.709. The van der Waals surface area contributed by atoms with E-state index in [0.717, 1.165) is 6.07 Å². The topological polar surface area (TPSA) is 59.0 Å². The van der Waals surface area contributed by atoms with Crippen molar-refractivity contribution in [2.45, 2.75) is 6.36 Å². The molecule has 0 atom stereocenters. The van der Waals surface area contributed by atoms with E-state index in [1.54, 1.807) is 6.07 Å². The summed E-state index contributed by atoms with van der Waals surface area (Å²) in [5.74, 6) is -0.559. The number of benzene rings is 1. The predicted molar refractivity (Wildman–Crippen MR) is 42.3 cm³/mol. The average molecular weight is 202 g/mol. The Labute approximate surface area is 77.5 Å². The van der Waals surface area contributed by atoms with Crippen LogP contribution < -0.4 is 10.5 Å². The minimum atomic E-state index is -4.80. The third kappa shape index (κ3) is 2.29. The third-order valence-electron chi connectivity index (χ3n) is 1.41. The summed E-state index contributed by atoms with van der Waals surface area (Å²) in [6, 6.07) is 5.26. The molecule has 14 heavy (non-hydrogen) atoms. The van der Waals surface area contributed by atoms with Crippen LogP contribution in [0.3, 0.4) is 0 Å². The maximum absolute atomic E-state index is 11.8. The third-order valence-corrected chi connectivity index (χ3v) is 1.41. The normalized spacial score (nSPS) is 10.7. The highest BCUT2D eigenvalue weighted by Crippen LogP contribution is 2.29. The molecule has 0 amide bonds. The van der Waals surface area contributed by atoms with Gasteiger partial charge in [-0.25, -0.2) is 0 Å². The molecule has 0 unspecified atom stereocenters. The Morgan fingerprint density at radius 3 is 2.50 bits per heavy atom. The van der Waals surface area contributed by atoms with Crippen LogP contribution in [0.4, 0.5) is 18.9 Å². The fourth-order valence-electron chi connectivity index (χ4n) is 0.855. The summed E-state index contributed by atoms with van der Waals surface area (Å²) in [6.07, 6.45) is -4.80. The van der Waals surface area contributed by atoms with Crippen molar-refractivity contribution in [2.75, 3.05) is 5.73 Å². The predicted octanol–water partition coefficient (Wildman–Crippen LogP) is 2.04. The van der Waals surface area contributed by atoms with E-state index in [2.05, 4.69) is 4.74 Å². The van der Waals surface area contributed by atoms with Crippen molar-refractivity contribution in [3.63, 3.8) is 0 Å². The van der Waals surface area contributed by atoms with Crippen LogP contribution in [0.15, 0.2) is 18.2 Å². The first-order chi connectivity index (χ1) is 6.44. The van der Waals surface area contributed by atoms with E-state index in [1.165, 1.54) is 12.1 Å². The van der Waals surface area contributed by atoms with Crippen molar-refractivity contribution < 1.29 is 17.9 Å². The second kappa shape index (κ2) is 3.46. The zero-order chi connectivity index (χ0) is 10.8. The Hall–Kier alpha value is -1.90. The molecule has 0 fully saturated rings. The monoisotopic (exact) mass is 202 g/mol. The van der Waals surface area contributed by atoms with Gasteiger partial charge in [-0.2, -0.15) is 5.26 Å². The second-order valence-corrected chi connectivity index (χ2v) is 2.38. The van der Waals surface area contributed by atoms with Gasteiger partial charge in [0.1, 0.15) is 6.07 Å². The molecule has 74 valence electrons. The molecule has 3 nitrogen and oxygen atoms in total. The number of ether oxygens (including phenoxy) is 1. The number of halogens is 3. The van der Waals surface area contributed by atoms with Crippen LogP contribution >= 0.6 is 0 Å². The van der Waals surface area contributed by atoms with Gasteiger partial charge in [0.15, 0.2) is 5.75 Å². The van der Waals surface area contributed by atoms with Gasteiger partial charge in [0.25, 0.3) is 0 Å². The largest absolute Gasteiger partial charge is 0.573 e. The molecule has 0 aliphatic carbocycles. The van der Waals surface area contributed by atoms with Gasteiger partial charge in [-0.15, -0.1) is 13.2 Å². The second-order valence-electron chi connectivity index (χ2n) is 2.38. The van der Waals surface area contributed by atoms with Crippen LogP contribution in [0.1, 0.15) is 5.56 Å². The smallest absolute Gasteiger partial charge is 0.404 e. The number of para-hydroxylation sites is 1. The number of alkyl halides is 3. The van der Waals surface area contributed by atoms with Crippen molar-refractivity contribution in [3.05, 3.63) is 23.8 Å². The van der Waals surface area contributed by atoms with Gasteiger partial charge < -0.3 is 10.5 Å². The Morgan fingerprint density at radius 2 is 2.00 bits per heavy atom. The Balaban J connectivity index is 3.06. The molecule has 2 N–H and O–H groups in total. The Morgan fingerprint density at radius 1 is 1.36 bits per heavy atom. The lowest BCUT2D eigenvalue weighted by molar-refractivity contribution is -0.274. The number of nitriles is 1. The van der Waals surface area contributed by atoms with Crippen LogP contribution in [0.25, 0.3) is 0 Å². The van der Waals surface area contributed by atoms with Crippen molar-refractivity contribution in [1.82, 2.24) is 0 Å². The molecular weight excluding hydrogens is 197 g/mol. The van der Waals surface area contributed by atoms with Gasteiger partial charge in [0, 0.05) is 0 Å². The van der Waals surface area contributed by atoms with Crippen LogP contribution in [-0.4, -0.2) is 6.36 Å². The summed E-state index contributed by atoms with van der Waals surface area (Å²) in [4.78, 5) is 0. The van der Waals surface area contributed by atoms with Gasteiger partial charge in [0.2, 0.25) is 0 Å². The molecule has 0 saturated carbocycles. The van der Waals surface area contributed by atoms with Gasteiger partial charge in [0.05, 0.1) is 11.3 Å². The van der Waals surface area contributed by atoms with Crippen LogP contribution in [-0.2, 0) is 0 Å². The number of nitrogens with two attached hydrogens (primary N) is 1. The highest BCUT2D eigenvalue weighted by atomic mass is 19.4. The first-order valence-electron chi connectivity index (χ1n) is 3.48. The van der Waals surface area contributed by atoms with E-state index < -0.39 is 12.1 Å². The molecule has 0 aromatic heterocycles. The number of nitrogen functional groups attached to an aromatic ring is 1. The molecular formula is C8H5F3N2O. The highest BCUT2D eigenvalue weighted by molar-refractivity contribution is 5.63. The van der Waals surface area contributed by atoms with Crippen molar-refractivity contribution >= 4 is 5.69 Å². The van der Waals surface area contributed by atoms with Gasteiger partial charge in [-0.1, -0.05) is 6.07 Å². The van der Waals surface area contributed by atoms with Crippen molar-refractivity contribution in [3.8, 4) is 11.8 Å². The summed E-state index contributed by atoms with van der Waals surface area (Å²) in [6.45, 7) is 0. The number of hydrogen-bond acceptors (Lipinski definition) is 3. The average Bonchev–Trinajstić information content (AvgIpc) is 2.06.